The number of alkyl halides is 1. The molecule has 0 saturated carbocycles. The van der Waals surface area contributed by atoms with Crippen molar-refractivity contribution < 1.29 is 14.2 Å². The van der Waals surface area contributed by atoms with Crippen LogP contribution in [-0.4, -0.2) is 18.1 Å². The van der Waals surface area contributed by atoms with Crippen molar-refractivity contribution in [2.45, 2.75) is 6.36 Å². The van der Waals surface area contributed by atoms with Crippen LogP contribution in [-0.2, 0) is 0 Å². The molecule has 0 aliphatic rings. The van der Waals surface area contributed by atoms with Crippen LogP contribution in [0.15, 0.2) is 28.7 Å². The number of halogens is 2. The van der Waals surface area contributed by atoms with Crippen LogP contribution in [0.1, 0.15) is 0 Å². The lowest BCUT2D eigenvalue weighted by molar-refractivity contribution is 0.0136. The Morgan fingerprint density at radius 1 is 1.42 bits per heavy atom. The summed E-state index contributed by atoms with van der Waals surface area (Å²) in [5.41, 5.74) is 0. The monoisotopic (exact) mass is 234 g/mol. The summed E-state index contributed by atoms with van der Waals surface area (Å²) >= 11 is 3.23. The molecule has 0 saturated heterocycles. The van der Waals surface area contributed by atoms with Crippen molar-refractivity contribution >= 4 is 15.9 Å². The fourth-order valence-corrected chi connectivity index (χ4v) is 0.962. The maximum Gasteiger partial charge on any atom is 0.261 e. The highest BCUT2D eigenvalue weighted by molar-refractivity contribution is 9.10. The Kier molecular flexibility index (Phi) is 3.49. The predicted molar refractivity (Wildman–Crippen MR) is 46.8 cm³/mol. The van der Waals surface area contributed by atoms with Crippen LogP contribution in [0.5, 0.6) is 5.75 Å². The molecule has 0 aromatic heterocycles. The number of benzene rings is 1. The van der Waals surface area contributed by atoms with Crippen molar-refractivity contribution in [2.75, 3.05) is 6.61 Å². The molecule has 2 nitrogen and oxygen atoms in total. The summed E-state index contributed by atoms with van der Waals surface area (Å²) < 4.78 is 18.0. The molecule has 4 heteroatoms. The molecule has 0 spiro atoms. The molecule has 0 bridgehead atoms. The summed E-state index contributed by atoms with van der Waals surface area (Å²) in [5, 5.41) is 8.34. The van der Waals surface area contributed by atoms with Crippen molar-refractivity contribution in [3.05, 3.63) is 28.7 Å². The minimum absolute atomic E-state index is 0.403. The Bertz CT molecular complexity index is 237. The van der Waals surface area contributed by atoms with Crippen LogP contribution in [0.2, 0.25) is 0 Å². The van der Waals surface area contributed by atoms with E-state index in [1.807, 2.05) is 0 Å². The summed E-state index contributed by atoms with van der Waals surface area (Å²) in [6, 6.07) is 6.71. The van der Waals surface area contributed by atoms with Crippen molar-refractivity contribution in [1.29, 1.82) is 0 Å². The first-order valence-electron chi connectivity index (χ1n) is 3.39. The van der Waals surface area contributed by atoms with Gasteiger partial charge in [-0.2, -0.15) is 4.39 Å². The first-order valence-corrected chi connectivity index (χ1v) is 4.19. The van der Waals surface area contributed by atoms with Gasteiger partial charge in [0, 0.05) is 4.47 Å². The molecular formula is C8H8BrFO2. The van der Waals surface area contributed by atoms with Crippen LogP contribution < -0.4 is 4.74 Å². The Morgan fingerprint density at radius 2 is 2.00 bits per heavy atom. The van der Waals surface area contributed by atoms with E-state index in [1.54, 1.807) is 24.3 Å². The van der Waals surface area contributed by atoms with Gasteiger partial charge in [0.2, 0.25) is 0 Å². The second-order valence-electron chi connectivity index (χ2n) is 2.16. The smallest absolute Gasteiger partial charge is 0.261 e. The third kappa shape index (κ3) is 2.79. The molecule has 1 N–H and O–H groups in total. The summed E-state index contributed by atoms with van der Waals surface area (Å²) in [7, 11) is 0. The maximum absolute atomic E-state index is 12.4. The van der Waals surface area contributed by atoms with Crippen LogP contribution in [0.4, 0.5) is 4.39 Å². The number of hydrogen-bond acceptors (Lipinski definition) is 2. The zero-order valence-corrected chi connectivity index (χ0v) is 7.79. The van der Waals surface area contributed by atoms with Crippen molar-refractivity contribution in [1.82, 2.24) is 0 Å². The summed E-state index contributed by atoms with van der Waals surface area (Å²) in [6.45, 7) is -0.629. The standard InChI is InChI=1S/C8H8BrFO2/c9-6-1-3-7(4-2-6)12-8(10)5-11/h1-4,8,11H,5H2. The molecule has 0 amide bonds. The van der Waals surface area contributed by atoms with E-state index in [1.165, 1.54) is 0 Å². The zero-order valence-electron chi connectivity index (χ0n) is 6.21. The van der Waals surface area contributed by atoms with E-state index in [4.69, 9.17) is 5.11 Å². The van der Waals surface area contributed by atoms with Crippen molar-refractivity contribution in [3.8, 4) is 5.75 Å². The van der Waals surface area contributed by atoms with E-state index in [0.29, 0.717) is 5.75 Å². The summed E-state index contributed by atoms with van der Waals surface area (Å²) in [5.74, 6) is 0.403. The second-order valence-corrected chi connectivity index (χ2v) is 3.08. The van der Waals surface area contributed by atoms with Crippen molar-refractivity contribution in [3.63, 3.8) is 0 Å². The number of hydrogen-bond donors (Lipinski definition) is 1. The molecule has 0 radical (unpaired) electrons. The highest BCUT2D eigenvalue weighted by Crippen LogP contribution is 2.17. The minimum atomic E-state index is -1.65. The molecule has 0 fully saturated rings. The van der Waals surface area contributed by atoms with Gasteiger partial charge in [0.1, 0.15) is 12.4 Å². The van der Waals surface area contributed by atoms with E-state index in [2.05, 4.69) is 20.7 Å². The van der Waals surface area contributed by atoms with Crippen LogP contribution in [0.25, 0.3) is 0 Å². The third-order valence-electron chi connectivity index (χ3n) is 1.22. The lowest BCUT2D eigenvalue weighted by atomic mass is 10.3. The van der Waals surface area contributed by atoms with Crippen LogP contribution in [0.3, 0.4) is 0 Å². The largest absolute Gasteiger partial charge is 0.458 e. The molecule has 1 aromatic rings. The van der Waals surface area contributed by atoms with E-state index in [9.17, 15) is 4.39 Å². The van der Waals surface area contributed by atoms with Crippen LogP contribution >= 0.6 is 15.9 Å². The molecule has 12 heavy (non-hydrogen) atoms. The summed E-state index contributed by atoms with van der Waals surface area (Å²) in [4.78, 5) is 0. The highest BCUT2D eigenvalue weighted by atomic mass is 79.9. The zero-order chi connectivity index (χ0) is 8.97. The molecule has 0 aliphatic carbocycles. The highest BCUT2D eigenvalue weighted by Gasteiger charge is 2.04. The predicted octanol–water partition coefficient (Wildman–Crippen LogP) is 2.12. The van der Waals surface area contributed by atoms with E-state index < -0.39 is 13.0 Å². The normalized spacial score (nSPS) is 12.6. The minimum Gasteiger partial charge on any atom is -0.458 e. The lowest BCUT2D eigenvalue weighted by Gasteiger charge is -2.07. The Labute approximate surface area is 78.1 Å². The average Bonchev–Trinajstić information content (AvgIpc) is 2.09. The number of ether oxygens (including phenoxy) is 1. The van der Waals surface area contributed by atoms with Gasteiger partial charge in [0.05, 0.1) is 0 Å². The Hall–Kier alpha value is -0.610. The maximum atomic E-state index is 12.4. The van der Waals surface area contributed by atoms with E-state index in [0.717, 1.165) is 4.47 Å². The number of aliphatic hydroxyl groups is 1. The Morgan fingerprint density at radius 3 is 2.50 bits per heavy atom. The quantitative estimate of drug-likeness (QED) is 0.869. The van der Waals surface area contributed by atoms with Gasteiger partial charge in [-0.05, 0) is 24.3 Å². The topological polar surface area (TPSA) is 29.5 Å². The van der Waals surface area contributed by atoms with Gasteiger partial charge in [0.25, 0.3) is 6.36 Å². The summed E-state index contributed by atoms with van der Waals surface area (Å²) in [6.07, 6.45) is -1.65. The van der Waals surface area contributed by atoms with E-state index in [-0.39, 0.29) is 0 Å². The first kappa shape index (κ1) is 9.48. The molecule has 1 aromatic carbocycles. The van der Waals surface area contributed by atoms with Gasteiger partial charge in [-0.15, -0.1) is 0 Å². The average molecular weight is 235 g/mol. The fourth-order valence-electron chi connectivity index (χ4n) is 0.698. The molecule has 0 aliphatic heterocycles. The Balaban J connectivity index is 2.58. The molecule has 1 unspecified atom stereocenters. The van der Waals surface area contributed by atoms with Gasteiger partial charge >= 0.3 is 0 Å². The number of aliphatic hydroxyl groups excluding tert-OH is 1. The molecular weight excluding hydrogens is 227 g/mol. The third-order valence-corrected chi connectivity index (χ3v) is 1.75. The fraction of sp³-hybridized carbons (Fsp3) is 0.250. The molecule has 1 atom stereocenters. The van der Waals surface area contributed by atoms with Gasteiger partial charge in [-0.3, -0.25) is 0 Å². The van der Waals surface area contributed by atoms with Gasteiger partial charge in [0.15, 0.2) is 0 Å². The van der Waals surface area contributed by atoms with Gasteiger partial charge < -0.3 is 9.84 Å². The van der Waals surface area contributed by atoms with Crippen LogP contribution in [0, 0.1) is 0 Å². The van der Waals surface area contributed by atoms with Gasteiger partial charge in [-0.25, -0.2) is 0 Å². The molecule has 0 heterocycles. The SMILES string of the molecule is OCC(F)Oc1ccc(Br)cc1. The first-order chi connectivity index (χ1) is 5.72. The second kappa shape index (κ2) is 4.42. The lowest BCUT2D eigenvalue weighted by Crippen LogP contribution is -2.14. The van der Waals surface area contributed by atoms with Gasteiger partial charge in [-0.1, -0.05) is 15.9 Å². The number of rotatable bonds is 3. The molecule has 1 rings (SSSR count). The van der Waals surface area contributed by atoms with Crippen molar-refractivity contribution in [2.24, 2.45) is 0 Å². The molecule has 66 valence electrons. The van der Waals surface area contributed by atoms with E-state index >= 15 is 0 Å².